The minimum Gasteiger partial charge on any atom is -0.325 e. The number of rotatable bonds is 6. The third kappa shape index (κ3) is 5.12. The van der Waals surface area contributed by atoms with Gasteiger partial charge in [0.1, 0.15) is 28.2 Å². The number of pyridine rings is 2. The second kappa shape index (κ2) is 8.91. The maximum Gasteiger partial charge on any atom is 0.264 e. The first-order valence-corrected chi connectivity index (χ1v) is 11.5. The van der Waals surface area contributed by atoms with Gasteiger partial charge in [0.2, 0.25) is 0 Å². The van der Waals surface area contributed by atoms with Crippen LogP contribution in [-0.4, -0.2) is 28.4 Å². The SMILES string of the molecule is Cc1ccc(S(=O)(=O)Nc2cc(-c3ccnc(Nc4ccnc(C)n4)c3)cnc2C)c(F)c1. The average Bonchev–Trinajstić information content (AvgIpc) is 2.75. The lowest BCUT2D eigenvalue weighted by molar-refractivity contribution is 0.569. The molecular weight excluding hydrogens is 443 g/mol. The number of sulfonamides is 1. The molecule has 10 heteroatoms. The van der Waals surface area contributed by atoms with Gasteiger partial charge in [-0.1, -0.05) is 6.07 Å². The summed E-state index contributed by atoms with van der Waals surface area (Å²) in [7, 11) is -4.14. The van der Waals surface area contributed by atoms with Gasteiger partial charge in [-0.2, -0.15) is 0 Å². The van der Waals surface area contributed by atoms with Crippen molar-refractivity contribution in [3.8, 4) is 11.1 Å². The standard InChI is InChI=1S/C23H21FN6O2S/c1-14-4-5-21(19(24)10-14)33(31,32)30-20-11-18(13-27-15(20)2)17-6-8-26-23(12-17)29-22-7-9-25-16(3)28-22/h4-13,30H,1-3H3,(H,25,26,28,29). The Morgan fingerprint density at radius 1 is 0.848 bits per heavy atom. The molecule has 0 atom stereocenters. The van der Waals surface area contributed by atoms with Gasteiger partial charge in [-0.15, -0.1) is 0 Å². The van der Waals surface area contributed by atoms with Crippen LogP contribution in [0.4, 0.5) is 21.7 Å². The quantitative estimate of drug-likeness (QED) is 0.431. The molecular formula is C23H21FN6O2S. The Labute approximate surface area is 191 Å². The second-order valence-corrected chi connectivity index (χ2v) is 9.09. The zero-order chi connectivity index (χ0) is 23.6. The van der Waals surface area contributed by atoms with Gasteiger partial charge in [-0.3, -0.25) is 9.71 Å². The molecule has 8 nitrogen and oxygen atoms in total. The van der Waals surface area contributed by atoms with Gasteiger partial charge in [0.25, 0.3) is 10.0 Å². The smallest absolute Gasteiger partial charge is 0.264 e. The van der Waals surface area contributed by atoms with Crippen LogP contribution in [0.2, 0.25) is 0 Å². The zero-order valence-electron chi connectivity index (χ0n) is 18.2. The number of nitrogens with zero attached hydrogens (tertiary/aromatic N) is 4. The number of halogens is 1. The first-order valence-electron chi connectivity index (χ1n) is 10.00. The third-order valence-electron chi connectivity index (χ3n) is 4.83. The highest BCUT2D eigenvalue weighted by Gasteiger charge is 2.20. The molecule has 0 saturated heterocycles. The molecule has 2 N–H and O–H groups in total. The highest BCUT2D eigenvalue weighted by atomic mass is 32.2. The first kappa shape index (κ1) is 22.3. The van der Waals surface area contributed by atoms with E-state index >= 15 is 0 Å². The highest BCUT2D eigenvalue weighted by Crippen LogP contribution is 2.28. The number of aryl methyl sites for hydroxylation is 3. The summed E-state index contributed by atoms with van der Waals surface area (Å²) in [5.74, 6) is 0.965. The Bertz CT molecular complexity index is 1440. The highest BCUT2D eigenvalue weighted by molar-refractivity contribution is 7.92. The van der Waals surface area contributed by atoms with Crippen molar-refractivity contribution >= 4 is 27.3 Å². The third-order valence-corrected chi connectivity index (χ3v) is 6.23. The van der Waals surface area contributed by atoms with Gasteiger partial charge in [0.15, 0.2) is 0 Å². The van der Waals surface area contributed by atoms with E-state index in [1.54, 1.807) is 69.7 Å². The summed E-state index contributed by atoms with van der Waals surface area (Å²) in [6.07, 6.45) is 4.90. The van der Waals surface area contributed by atoms with E-state index in [0.717, 1.165) is 5.56 Å². The lowest BCUT2D eigenvalue weighted by atomic mass is 10.1. The van der Waals surface area contributed by atoms with Gasteiger partial charge >= 0.3 is 0 Å². The van der Waals surface area contributed by atoms with Crippen LogP contribution in [0.15, 0.2) is 66.0 Å². The van der Waals surface area contributed by atoms with Crippen LogP contribution in [0.25, 0.3) is 11.1 Å². The lowest BCUT2D eigenvalue weighted by Crippen LogP contribution is -2.16. The number of hydrogen-bond donors (Lipinski definition) is 2. The van der Waals surface area contributed by atoms with Crippen LogP contribution in [0.1, 0.15) is 17.1 Å². The molecule has 0 fully saturated rings. The minimum atomic E-state index is -4.14. The van der Waals surface area contributed by atoms with Gasteiger partial charge in [0, 0.05) is 24.2 Å². The molecule has 3 heterocycles. The minimum absolute atomic E-state index is 0.255. The molecule has 0 unspecified atom stereocenters. The van der Waals surface area contributed by atoms with Crippen molar-refractivity contribution < 1.29 is 12.8 Å². The molecule has 0 spiro atoms. The number of aromatic nitrogens is 4. The van der Waals surface area contributed by atoms with E-state index in [-0.39, 0.29) is 5.69 Å². The first-order chi connectivity index (χ1) is 15.7. The van der Waals surface area contributed by atoms with Crippen molar-refractivity contribution in [1.82, 2.24) is 19.9 Å². The summed E-state index contributed by atoms with van der Waals surface area (Å²) in [6.45, 7) is 5.15. The summed E-state index contributed by atoms with van der Waals surface area (Å²) in [4.78, 5) is 16.6. The van der Waals surface area contributed by atoms with Crippen molar-refractivity contribution in [2.24, 2.45) is 0 Å². The molecule has 0 aliphatic heterocycles. The van der Waals surface area contributed by atoms with Gasteiger partial charge in [-0.05, 0) is 68.3 Å². The fourth-order valence-electron chi connectivity index (χ4n) is 3.15. The molecule has 168 valence electrons. The van der Waals surface area contributed by atoms with E-state index in [9.17, 15) is 12.8 Å². The summed E-state index contributed by atoms with van der Waals surface area (Å²) in [5.41, 5.74) is 2.76. The van der Waals surface area contributed by atoms with Crippen LogP contribution in [0, 0.1) is 26.6 Å². The maximum atomic E-state index is 14.3. The zero-order valence-corrected chi connectivity index (χ0v) is 19.0. The van der Waals surface area contributed by atoms with Gasteiger partial charge in [-0.25, -0.2) is 27.8 Å². The fourth-order valence-corrected chi connectivity index (χ4v) is 4.32. The van der Waals surface area contributed by atoms with Gasteiger partial charge in [0.05, 0.1) is 11.4 Å². The summed E-state index contributed by atoms with van der Waals surface area (Å²) in [5, 5.41) is 3.12. The Kier molecular flexibility index (Phi) is 6.01. The number of nitrogens with one attached hydrogen (secondary N) is 2. The largest absolute Gasteiger partial charge is 0.325 e. The van der Waals surface area contributed by atoms with E-state index in [0.29, 0.717) is 34.3 Å². The van der Waals surface area contributed by atoms with Crippen molar-refractivity contribution in [3.05, 3.63) is 84.0 Å². The number of benzene rings is 1. The molecule has 0 aliphatic carbocycles. The van der Waals surface area contributed by atoms with Crippen molar-refractivity contribution in [2.45, 2.75) is 25.7 Å². The van der Waals surface area contributed by atoms with Gasteiger partial charge < -0.3 is 5.32 Å². The Morgan fingerprint density at radius 3 is 2.39 bits per heavy atom. The van der Waals surface area contributed by atoms with E-state index in [1.165, 1.54) is 12.1 Å². The molecule has 0 aliphatic rings. The molecule has 4 aromatic rings. The van der Waals surface area contributed by atoms with E-state index in [4.69, 9.17) is 0 Å². The van der Waals surface area contributed by atoms with E-state index in [1.807, 2.05) is 0 Å². The van der Waals surface area contributed by atoms with E-state index < -0.39 is 20.7 Å². The Balaban J connectivity index is 1.64. The topological polar surface area (TPSA) is 110 Å². The van der Waals surface area contributed by atoms with Crippen molar-refractivity contribution in [3.63, 3.8) is 0 Å². The lowest BCUT2D eigenvalue weighted by Gasteiger charge is -2.13. The number of anilines is 3. The molecule has 0 amide bonds. The Morgan fingerprint density at radius 2 is 1.64 bits per heavy atom. The van der Waals surface area contributed by atoms with Crippen molar-refractivity contribution in [2.75, 3.05) is 10.0 Å². The van der Waals surface area contributed by atoms with Crippen LogP contribution < -0.4 is 10.0 Å². The van der Waals surface area contributed by atoms with Crippen LogP contribution in [-0.2, 0) is 10.0 Å². The monoisotopic (exact) mass is 464 g/mol. The number of hydrogen-bond acceptors (Lipinski definition) is 7. The summed E-state index contributed by atoms with van der Waals surface area (Å²) >= 11 is 0. The molecule has 3 aromatic heterocycles. The molecule has 0 saturated carbocycles. The molecule has 0 bridgehead atoms. The normalized spacial score (nSPS) is 11.3. The molecule has 1 aromatic carbocycles. The molecule has 33 heavy (non-hydrogen) atoms. The predicted octanol–water partition coefficient (Wildman–Crippen LogP) is 4.54. The average molecular weight is 465 g/mol. The van der Waals surface area contributed by atoms with E-state index in [2.05, 4.69) is 30.0 Å². The maximum absolute atomic E-state index is 14.3. The summed E-state index contributed by atoms with van der Waals surface area (Å²) in [6, 6.07) is 10.9. The summed E-state index contributed by atoms with van der Waals surface area (Å²) < 4.78 is 42.4. The predicted molar refractivity (Wildman–Crippen MR) is 124 cm³/mol. The second-order valence-electron chi connectivity index (χ2n) is 7.44. The molecule has 4 rings (SSSR count). The van der Waals surface area contributed by atoms with Crippen molar-refractivity contribution in [1.29, 1.82) is 0 Å². The van der Waals surface area contributed by atoms with Crippen LogP contribution in [0.3, 0.4) is 0 Å². The fraction of sp³-hybridized carbons (Fsp3) is 0.130. The Hall–Kier alpha value is -3.92. The molecule has 0 radical (unpaired) electrons. The van der Waals surface area contributed by atoms with Crippen LogP contribution >= 0.6 is 0 Å². The van der Waals surface area contributed by atoms with Crippen LogP contribution in [0.5, 0.6) is 0 Å².